The Bertz CT molecular complexity index is 857. The Kier molecular flexibility index (Phi) is 7.45. The Hall–Kier alpha value is -1.85. The van der Waals surface area contributed by atoms with Gasteiger partial charge in [-0.3, -0.25) is 9.63 Å². The number of nitrogens with zero attached hydrogens (tertiary/aromatic N) is 1. The number of rotatable bonds is 7. The van der Waals surface area contributed by atoms with Crippen LogP contribution in [0.5, 0.6) is 0 Å². The van der Waals surface area contributed by atoms with Crippen molar-refractivity contribution in [2.24, 2.45) is 0 Å². The molecule has 146 valence electrons. The maximum absolute atomic E-state index is 14.4. The first-order valence-corrected chi connectivity index (χ1v) is 8.69. The lowest BCUT2D eigenvalue weighted by molar-refractivity contribution is -0.0295. The highest BCUT2D eigenvalue weighted by Crippen LogP contribution is 2.31. The molecule has 1 atom stereocenters. The van der Waals surface area contributed by atoms with E-state index in [0.29, 0.717) is 10.0 Å². The van der Waals surface area contributed by atoms with E-state index in [4.69, 9.17) is 21.5 Å². The van der Waals surface area contributed by atoms with E-state index in [2.05, 4.69) is 26.2 Å². The molecule has 0 aliphatic heterocycles. The molecular weight excluding hydrogens is 452 g/mol. The number of aliphatic hydroxyl groups is 2. The Morgan fingerprint density at radius 1 is 1.41 bits per heavy atom. The first-order chi connectivity index (χ1) is 12.7. The lowest BCUT2D eigenvalue weighted by atomic mass is 10.1. The van der Waals surface area contributed by atoms with Gasteiger partial charge < -0.3 is 15.5 Å². The van der Waals surface area contributed by atoms with E-state index < -0.39 is 47.6 Å². The summed E-state index contributed by atoms with van der Waals surface area (Å²) in [6, 6.07) is 2.62. The quantitative estimate of drug-likeness (QED) is 0.370. The van der Waals surface area contributed by atoms with E-state index in [-0.39, 0.29) is 11.4 Å². The van der Waals surface area contributed by atoms with Gasteiger partial charge in [-0.2, -0.15) is 0 Å². The van der Waals surface area contributed by atoms with Gasteiger partial charge in [0.25, 0.3) is 5.91 Å². The monoisotopic (exact) mass is 465 g/mol. The Morgan fingerprint density at radius 2 is 2.11 bits per heavy atom. The van der Waals surface area contributed by atoms with Crippen molar-refractivity contribution in [1.29, 1.82) is 0 Å². The van der Waals surface area contributed by atoms with Crippen LogP contribution in [-0.4, -0.2) is 40.4 Å². The van der Waals surface area contributed by atoms with Crippen molar-refractivity contribution in [2.75, 3.05) is 18.5 Å². The van der Waals surface area contributed by atoms with Gasteiger partial charge in [0.1, 0.15) is 18.5 Å². The van der Waals surface area contributed by atoms with E-state index in [1.54, 1.807) is 13.0 Å². The zero-order valence-electron chi connectivity index (χ0n) is 13.9. The van der Waals surface area contributed by atoms with E-state index in [1.165, 1.54) is 6.20 Å². The molecule has 1 amide bonds. The van der Waals surface area contributed by atoms with Gasteiger partial charge in [-0.1, -0.05) is 11.6 Å². The molecule has 0 saturated carbocycles. The largest absolute Gasteiger partial charge is 0.394 e. The second-order valence-corrected chi connectivity index (χ2v) is 6.75. The van der Waals surface area contributed by atoms with Gasteiger partial charge in [0.2, 0.25) is 0 Å². The lowest BCUT2D eigenvalue weighted by Gasteiger charge is -2.16. The fraction of sp³-hybridized carbons (Fsp3) is 0.250. The van der Waals surface area contributed by atoms with Crippen LogP contribution in [0.25, 0.3) is 0 Å². The maximum atomic E-state index is 14.4. The van der Waals surface area contributed by atoms with Gasteiger partial charge in [0.05, 0.1) is 22.9 Å². The van der Waals surface area contributed by atoms with E-state index in [0.717, 1.165) is 6.07 Å². The molecule has 1 aromatic heterocycles. The summed E-state index contributed by atoms with van der Waals surface area (Å²) in [5.41, 5.74) is 1.73. The molecule has 0 bridgehead atoms. The zero-order chi connectivity index (χ0) is 20.1. The maximum Gasteiger partial charge on any atom is 0.277 e. The third kappa shape index (κ3) is 5.33. The Labute approximate surface area is 166 Å². The molecule has 2 rings (SSSR count). The highest BCUT2D eigenvalue weighted by Gasteiger charge is 2.23. The number of carbonyl (C=O) groups is 1. The molecule has 0 saturated heterocycles. The predicted octanol–water partition coefficient (Wildman–Crippen LogP) is 2.84. The molecule has 27 heavy (non-hydrogen) atoms. The van der Waals surface area contributed by atoms with Crippen LogP contribution in [-0.2, 0) is 4.84 Å². The minimum atomic E-state index is -1.37. The number of hydrogen-bond donors (Lipinski definition) is 4. The number of hydrogen-bond acceptors (Lipinski definition) is 6. The van der Waals surface area contributed by atoms with Crippen molar-refractivity contribution < 1.29 is 28.6 Å². The summed E-state index contributed by atoms with van der Waals surface area (Å²) in [6.07, 6.45) is 0.226. The third-order valence-electron chi connectivity index (χ3n) is 3.35. The highest BCUT2D eigenvalue weighted by atomic mass is 79.9. The number of benzene rings is 1. The number of hydroxylamine groups is 1. The summed E-state index contributed by atoms with van der Waals surface area (Å²) >= 11 is 8.88. The minimum absolute atomic E-state index is 0.199. The summed E-state index contributed by atoms with van der Waals surface area (Å²) in [4.78, 5) is 21.1. The van der Waals surface area contributed by atoms with Crippen LogP contribution in [0, 0.1) is 18.6 Å². The number of aliphatic hydroxyl groups excluding tert-OH is 2. The first-order valence-electron chi connectivity index (χ1n) is 7.52. The zero-order valence-corrected chi connectivity index (χ0v) is 16.2. The smallest absolute Gasteiger partial charge is 0.277 e. The predicted molar refractivity (Wildman–Crippen MR) is 97.8 cm³/mol. The van der Waals surface area contributed by atoms with Gasteiger partial charge in [0, 0.05) is 10.7 Å². The molecule has 0 fully saturated rings. The second-order valence-electron chi connectivity index (χ2n) is 5.43. The third-order valence-corrected chi connectivity index (χ3v) is 4.06. The van der Waals surface area contributed by atoms with Crippen LogP contribution in [0.15, 0.2) is 22.8 Å². The average Bonchev–Trinajstić information content (AvgIpc) is 2.63. The van der Waals surface area contributed by atoms with Crippen LogP contribution in [0.2, 0.25) is 5.02 Å². The molecule has 7 nitrogen and oxygen atoms in total. The molecule has 0 aliphatic rings. The topological polar surface area (TPSA) is 104 Å². The van der Waals surface area contributed by atoms with Crippen LogP contribution in [0.1, 0.15) is 15.9 Å². The number of pyridine rings is 1. The van der Waals surface area contributed by atoms with Crippen molar-refractivity contribution in [3.63, 3.8) is 0 Å². The fourth-order valence-corrected chi connectivity index (χ4v) is 2.64. The molecule has 0 radical (unpaired) electrons. The van der Waals surface area contributed by atoms with Crippen molar-refractivity contribution in [1.82, 2.24) is 10.5 Å². The number of aromatic nitrogens is 1. The van der Waals surface area contributed by atoms with E-state index in [1.807, 2.05) is 5.48 Å². The summed E-state index contributed by atoms with van der Waals surface area (Å²) in [6.45, 7) is 0.702. The first kappa shape index (κ1) is 21.5. The molecule has 0 spiro atoms. The van der Waals surface area contributed by atoms with Gasteiger partial charge in [0.15, 0.2) is 11.6 Å². The number of amides is 1. The van der Waals surface area contributed by atoms with Crippen molar-refractivity contribution in [3.05, 3.63) is 50.6 Å². The SMILES string of the molecule is Cc1cc(Br)cnc1Nc1c(C(=O)NOCC(O)CO)cc(Cl)c(F)c1F. The van der Waals surface area contributed by atoms with Gasteiger partial charge in [-0.05, 0) is 40.5 Å². The number of halogens is 4. The van der Waals surface area contributed by atoms with Gasteiger partial charge in [-0.25, -0.2) is 19.2 Å². The number of carbonyl (C=O) groups excluding carboxylic acids is 1. The average molecular weight is 467 g/mol. The van der Waals surface area contributed by atoms with Crippen molar-refractivity contribution in [3.8, 4) is 0 Å². The van der Waals surface area contributed by atoms with Crippen LogP contribution in [0.3, 0.4) is 0 Å². The summed E-state index contributed by atoms with van der Waals surface area (Å²) in [5.74, 6) is -3.45. The molecular formula is C16H15BrClF2N3O4. The molecule has 1 heterocycles. The lowest BCUT2D eigenvalue weighted by Crippen LogP contribution is -2.30. The van der Waals surface area contributed by atoms with Crippen LogP contribution >= 0.6 is 27.5 Å². The molecule has 1 unspecified atom stereocenters. The van der Waals surface area contributed by atoms with E-state index >= 15 is 0 Å². The van der Waals surface area contributed by atoms with Crippen molar-refractivity contribution in [2.45, 2.75) is 13.0 Å². The molecule has 4 N–H and O–H groups in total. The molecule has 1 aromatic carbocycles. The van der Waals surface area contributed by atoms with Crippen molar-refractivity contribution >= 4 is 44.9 Å². The summed E-state index contributed by atoms with van der Waals surface area (Å²) in [7, 11) is 0. The summed E-state index contributed by atoms with van der Waals surface area (Å²) < 4.78 is 29.0. The fourth-order valence-electron chi connectivity index (χ4n) is 2.00. The molecule has 0 aliphatic carbocycles. The van der Waals surface area contributed by atoms with Gasteiger partial charge in [-0.15, -0.1) is 0 Å². The Balaban J connectivity index is 2.34. The van der Waals surface area contributed by atoms with Gasteiger partial charge >= 0.3 is 0 Å². The Morgan fingerprint density at radius 3 is 2.74 bits per heavy atom. The normalized spacial score (nSPS) is 12.0. The molecule has 2 aromatic rings. The number of aryl methyl sites for hydroxylation is 1. The standard InChI is InChI=1S/C16H15BrClF2N3O4/c1-7-2-8(17)4-21-15(7)22-14-10(3-11(18)12(19)13(14)20)16(26)23-27-6-9(25)5-24/h2-4,9,24-25H,5-6H2,1H3,(H,21,22)(H,23,26). The minimum Gasteiger partial charge on any atom is -0.394 e. The number of anilines is 2. The number of nitrogens with one attached hydrogen (secondary N) is 2. The van der Waals surface area contributed by atoms with E-state index in [9.17, 15) is 18.7 Å². The summed E-state index contributed by atoms with van der Waals surface area (Å²) in [5, 5.41) is 19.9. The molecule has 11 heteroatoms. The second kappa shape index (κ2) is 9.38. The van der Waals surface area contributed by atoms with Crippen LogP contribution in [0.4, 0.5) is 20.3 Å². The highest BCUT2D eigenvalue weighted by molar-refractivity contribution is 9.10. The van der Waals surface area contributed by atoms with Crippen LogP contribution < -0.4 is 10.8 Å².